The van der Waals surface area contributed by atoms with Crippen LogP contribution >= 0.6 is 45.5 Å². The molecule has 8 heteroatoms. The van der Waals surface area contributed by atoms with Gasteiger partial charge in [0.2, 0.25) is 0 Å². The highest BCUT2D eigenvalue weighted by molar-refractivity contribution is 14.1. The minimum atomic E-state index is -3.63. The molecule has 0 spiro atoms. The van der Waals surface area contributed by atoms with E-state index < -0.39 is 10.0 Å². The zero-order chi connectivity index (χ0) is 15.6. The topological polar surface area (TPSA) is 58.2 Å². The summed E-state index contributed by atoms with van der Waals surface area (Å²) in [4.78, 5) is 2.03. The van der Waals surface area contributed by atoms with Crippen LogP contribution in [-0.2, 0) is 16.6 Å². The number of sulfonamides is 1. The highest BCUT2D eigenvalue weighted by Gasteiger charge is 2.21. The highest BCUT2D eigenvalue weighted by atomic mass is 127. The largest absolute Gasteiger partial charge is 0.315 e. The summed E-state index contributed by atoms with van der Waals surface area (Å²) in [5, 5.41) is 3.40. The van der Waals surface area contributed by atoms with Gasteiger partial charge in [0.1, 0.15) is 4.90 Å². The molecule has 2 rings (SSSR count). The van der Waals surface area contributed by atoms with Crippen LogP contribution in [0.15, 0.2) is 29.2 Å². The van der Waals surface area contributed by atoms with E-state index in [0.29, 0.717) is 22.2 Å². The van der Waals surface area contributed by atoms with Crippen molar-refractivity contribution in [2.75, 3.05) is 11.8 Å². The number of hydrogen-bond acceptors (Lipinski definition) is 4. The molecule has 0 bridgehead atoms. The van der Waals surface area contributed by atoms with E-state index in [1.807, 2.05) is 7.05 Å². The fraction of sp³-hybridized carbons (Fsp3) is 0.231. The molecule has 4 nitrogen and oxygen atoms in total. The van der Waals surface area contributed by atoms with Crippen molar-refractivity contribution in [1.82, 2.24) is 5.32 Å². The normalized spacial score (nSPS) is 11.6. The van der Waals surface area contributed by atoms with Gasteiger partial charge in [0.25, 0.3) is 10.0 Å². The van der Waals surface area contributed by atoms with Crippen molar-refractivity contribution < 1.29 is 8.42 Å². The Hall–Kier alpha value is -0.350. The van der Waals surface area contributed by atoms with Crippen LogP contribution in [0.2, 0.25) is 5.02 Å². The predicted molar refractivity (Wildman–Crippen MR) is 96.8 cm³/mol. The number of halogens is 2. The second-order valence-electron chi connectivity index (χ2n) is 4.39. The Morgan fingerprint density at radius 1 is 1.33 bits per heavy atom. The van der Waals surface area contributed by atoms with E-state index in [4.69, 9.17) is 11.6 Å². The third kappa shape index (κ3) is 4.10. The summed E-state index contributed by atoms with van der Waals surface area (Å²) in [6, 6.07) is 6.88. The smallest absolute Gasteiger partial charge is 0.263 e. The number of thiophene rings is 1. The Balaban J connectivity index is 2.34. The molecular formula is C13H14ClIN2O2S2. The second-order valence-corrected chi connectivity index (χ2v) is 9.04. The van der Waals surface area contributed by atoms with Crippen molar-refractivity contribution in [1.29, 1.82) is 0 Å². The molecule has 0 aliphatic rings. The first-order valence-corrected chi connectivity index (χ1v) is 9.81. The van der Waals surface area contributed by atoms with Crippen molar-refractivity contribution in [3.8, 4) is 0 Å². The molecule has 0 saturated heterocycles. The molecule has 0 fully saturated rings. The monoisotopic (exact) mass is 456 g/mol. The van der Waals surface area contributed by atoms with Crippen molar-refractivity contribution in [2.45, 2.75) is 18.4 Å². The SMILES string of the molecule is CNCc1cc(S(=O)(=O)Nc2ccc(I)cc2Cl)c(C)s1. The number of anilines is 1. The zero-order valence-electron chi connectivity index (χ0n) is 11.4. The van der Waals surface area contributed by atoms with Crippen LogP contribution in [0.25, 0.3) is 0 Å². The molecule has 0 unspecified atom stereocenters. The first kappa shape index (κ1) is 17.0. The van der Waals surface area contributed by atoms with Gasteiger partial charge in [-0.3, -0.25) is 4.72 Å². The lowest BCUT2D eigenvalue weighted by molar-refractivity contribution is 0.601. The summed E-state index contributed by atoms with van der Waals surface area (Å²) in [6.07, 6.45) is 0. The van der Waals surface area contributed by atoms with E-state index >= 15 is 0 Å². The molecule has 0 radical (unpaired) electrons. The van der Waals surface area contributed by atoms with Gasteiger partial charge >= 0.3 is 0 Å². The number of aryl methyl sites for hydroxylation is 1. The molecule has 114 valence electrons. The highest BCUT2D eigenvalue weighted by Crippen LogP contribution is 2.30. The minimum absolute atomic E-state index is 0.298. The second kappa shape index (κ2) is 6.82. The lowest BCUT2D eigenvalue weighted by Crippen LogP contribution is -2.13. The summed E-state index contributed by atoms with van der Waals surface area (Å²) in [6.45, 7) is 2.44. The van der Waals surface area contributed by atoms with Gasteiger partial charge in [-0.1, -0.05) is 11.6 Å². The molecule has 0 aliphatic carbocycles. The van der Waals surface area contributed by atoms with Gasteiger partial charge < -0.3 is 5.32 Å². The Labute approximate surface area is 147 Å². The van der Waals surface area contributed by atoms with Crippen LogP contribution < -0.4 is 10.0 Å². The first-order valence-electron chi connectivity index (χ1n) is 6.05. The molecule has 0 aliphatic heterocycles. The van der Waals surface area contributed by atoms with Crippen LogP contribution in [-0.4, -0.2) is 15.5 Å². The van der Waals surface area contributed by atoms with Gasteiger partial charge in [0.15, 0.2) is 0 Å². The average Bonchev–Trinajstić information content (AvgIpc) is 2.75. The Kier molecular flexibility index (Phi) is 5.53. The lowest BCUT2D eigenvalue weighted by atomic mass is 10.3. The molecule has 0 amide bonds. The summed E-state index contributed by atoms with van der Waals surface area (Å²) < 4.78 is 28.5. The Morgan fingerprint density at radius 2 is 2.05 bits per heavy atom. The molecular weight excluding hydrogens is 443 g/mol. The molecule has 0 saturated carbocycles. The average molecular weight is 457 g/mol. The molecule has 2 N–H and O–H groups in total. The van der Waals surface area contributed by atoms with Crippen LogP contribution in [0.1, 0.15) is 9.75 Å². The van der Waals surface area contributed by atoms with Gasteiger partial charge in [0, 0.05) is 19.9 Å². The summed E-state index contributed by atoms with van der Waals surface area (Å²) in [7, 11) is -1.80. The predicted octanol–water partition coefficient (Wildman–Crippen LogP) is 3.83. The number of hydrogen-bond donors (Lipinski definition) is 2. The van der Waals surface area contributed by atoms with E-state index in [1.54, 1.807) is 31.2 Å². The van der Waals surface area contributed by atoms with Gasteiger partial charge in [-0.2, -0.15) is 0 Å². The van der Waals surface area contributed by atoms with Gasteiger partial charge in [-0.05, 0) is 60.8 Å². The summed E-state index contributed by atoms with van der Waals surface area (Å²) in [5.74, 6) is 0. The minimum Gasteiger partial charge on any atom is -0.315 e. The number of benzene rings is 1. The van der Waals surface area contributed by atoms with E-state index in [9.17, 15) is 8.42 Å². The standard InChI is InChI=1S/C13H14ClIN2O2S2/c1-8-13(6-10(20-8)7-16-2)21(18,19)17-12-4-3-9(15)5-11(12)14/h3-6,16-17H,7H2,1-2H3. The number of nitrogens with one attached hydrogen (secondary N) is 2. The third-order valence-electron chi connectivity index (χ3n) is 2.74. The molecule has 1 aromatic carbocycles. The molecule has 21 heavy (non-hydrogen) atoms. The van der Waals surface area contributed by atoms with E-state index in [-0.39, 0.29) is 0 Å². The Bertz CT molecular complexity index is 760. The van der Waals surface area contributed by atoms with Gasteiger partial charge in [-0.15, -0.1) is 11.3 Å². The van der Waals surface area contributed by atoms with Crippen LogP contribution in [0.3, 0.4) is 0 Å². The van der Waals surface area contributed by atoms with Gasteiger partial charge in [-0.25, -0.2) is 8.42 Å². The summed E-state index contributed by atoms with van der Waals surface area (Å²) in [5.41, 5.74) is 0.387. The first-order chi connectivity index (χ1) is 9.83. The fourth-order valence-electron chi connectivity index (χ4n) is 1.82. The maximum Gasteiger partial charge on any atom is 0.263 e. The van der Waals surface area contributed by atoms with Crippen molar-refractivity contribution in [3.63, 3.8) is 0 Å². The van der Waals surface area contributed by atoms with Crippen LogP contribution in [0, 0.1) is 10.5 Å². The fourth-order valence-corrected chi connectivity index (χ4v) is 5.51. The molecule has 1 heterocycles. The lowest BCUT2D eigenvalue weighted by Gasteiger charge is -2.09. The van der Waals surface area contributed by atoms with Gasteiger partial charge in [0.05, 0.1) is 10.7 Å². The quantitative estimate of drug-likeness (QED) is 0.672. The van der Waals surface area contributed by atoms with Crippen molar-refractivity contribution in [3.05, 3.63) is 42.6 Å². The molecule has 2 aromatic rings. The van der Waals surface area contributed by atoms with Crippen LogP contribution in [0.5, 0.6) is 0 Å². The molecule has 0 atom stereocenters. The van der Waals surface area contributed by atoms with E-state index in [0.717, 1.165) is 13.3 Å². The number of rotatable bonds is 5. The van der Waals surface area contributed by atoms with Crippen molar-refractivity contribution >= 4 is 61.2 Å². The maximum atomic E-state index is 12.5. The zero-order valence-corrected chi connectivity index (χ0v) is 16.0. The van der Waals surface area contributed by atoms with E-state index in [2.05, 4.69) is 32.6 Å². The third-order valence-corrected chi connectivity index (χ3v) is 6.39. The summed E-state index contributed by atoms with van der Waals surface area (Å²) >= 11 is 9.67. The van der Waals surface area contributed by atoms with Crippen molar-refractivity contribution in [2.24, 2.45) is 0 Å². The maximum absolute atomic E-state index is 12.5. The van der Waals surface area contributed by atoms with E-state index in [1.165, 1.54) is 11.3 Å². The van der Waals surface area contributed by atoms with Crippen LogP contribution in [0.4, 0.5) is 5.69 Å². The Morgan fingerprint density at radius 3 is 2.67 bits per heavy atom. The molecule has 1 aromatic heterocycles.